The summed E-state index contributed by atoms with van der Waals surface area (Å²) in [4.78, 5) is 22.9. The summed E-state index contributed by atoms with van der Waals surface area (Å²) in [5, 5.41) is 15.0. The number of hydrogen-bond donors (Lipinski definition) is 3. The predicted molar refractivity (Wildman–Crippen MR) is 72.6 cm³/mol. The molecule has 1 aliphatic heterocycles. The molecule has 5 nitrogen and oxygen atoms in total. The van der Waals surface area contributed by atoms with Gasteiger partial charge in [0.05, 0.1) is 10.6 Å². The fourth-order valence-corrected chi connectivity index (χ4v) is 2.10. The fourth-order valence-electron chi connectivity index (χ4n) is 1.90. The van der Waals surface area contributed by atoms with Crippen molar-refractivity contribution in [3.05, 3.63) is 28.8 Å². The Bertz CT molecular complexity index is 515. The molecule has 1 fully saturated rings. The van der Waals surface area contributed by atoms with Gasteiger partial charge in [-0.15, -0.1) is 0 Å². The van der Waals surface area contributed by atoms with Crippen LogP contribution >= 0.6 is 11.6 Å². The maximum Gasteiger partial charge on any atom is 0.337 e. The van der Waals surface area contributed by atoms with Gasteiger partial charge in [-0.3, -0.25) is 4.79 Å². The van der Waals surface area contributed by atoms with Crippen molar-refractivity contribution in [3.8, 4) is 0 Å². The first-order valence-corrected chi connectivity index (χ1v) is 6.41. The molecule has 1 unspecified atom stereocenters. The summed E-state index contributed by atoms with van der Waals surface area (Å²) in [5.74, 6) is -0.987. The lowest BCUT2D eigenvalue weighted by Gasteiger charge is -2.31. The third-order valence-electron chi connectivity index (χ3n) is 3.40. The summed E-state index contributed by atoms with van der Waals surface area (Å²) < 4.78 is 0. The van der Waals surface area contributed by atoms with E-state index in [2.05, 4.69) is 10.6 Å². The molecule has 0 spiro atoms. The van der Waals surface area contributed by atoms with Crippen LogP contribution in [0.25, 0.3) is 0 Å². The van der Waals surface area contributed by atoms with Crippen molar-refractivity contribution in [2.45, 2.75) is 6.92 Å². The van der Waals surface area contributed by atoms with E-state index in [0.717, 1.165) is 13.1 Å². The van der Waals surface area contributed by atoms with Gasteiger partial charge in [0.25, 0.3) is 0 Å². The lowest BCUT2D eigenvalue weighted by molar-refractivity contribution is -0.121. The maximum absolute atomic E-state index is 12.0. The van der Waals surface area contributed by atoms with Gasteiger partial charge in [-0.2, -0.15) is 0 Å². The highest BCUT2D eigenvalue weighted by Gasteiger charge is 2.28. The highest BCUT2D eigenvalue weighted by atomic mass is 35.5. The summed E-state index contributed by atoms with van der Waals surface area (Å²) in [6.45, 7) is 3.56. The van der Waals surface area contributed by atoms with Gasteiger partial charge in [-0.05, 0) is 37.2 Å². The maximum atomic E-state index is 12.0. The minimum atomic E-state index is -1.11. The molecule has 1 saturated heterocycles. The van der Waals surface area contributed by atoms with Crippen LogP contribution in [0.5, 0.6) is 0 Å². The quantitative estimate of drug-likeness (QED) is 0.787. The monoisotopic (exact) mass is 282 g/mol. The highest BCUT2D eigenvalue weighted by Crippen LogP contribution is 2.22. The lowest BCUT2D eigenvalue weighted by Crippen LogP contribution is -2.48. The average Bonchev–Trinajstić information content (AvgIpc) is 2.28. The number of hydrogen-bond acceptors (Lipinski definition) is 3. The number of carbonyl (C=O) groups excluding carboxylic acids is 1. The zero-order valence-electron chi connectivity index (χ0n) is 10.4. The first-order valence-electron chi connectivity index (χ1n) is 6.03. The minimum Gasteiger partial charge on any atom is -0.478 e. The van der Waals surface area contributed by atoms with Crippen molar-refractivity contribution in [3.63, 3.8) is 0 Å². The molecule has 102 valence electrons. The van der Waals surface area contributed by atoms with Crippen LogP contribution in [0.2, 0.25) is 5.02 Å². The van der Waals surface area contributed by atoms with Gasteiger partial charge in [0.15, 0.2) is 0 Å². The molecule has 0 radical (unpaired) electrons. The molecular weight excluding hydrogens is 268 g/mol. The minimum absolute atomic E-state index is 0.0163. The Morgan fingerprint density at radius 3 is 2.68 bits per heavy atom. The molecule has 1 aromatic rings. The molecule has 0 saturated carbocycles. The van der Waals surface area contributed by atoms with Crippen molar-refractivity contribution < 1.29 is 14.7 Å². The van der Waals surface area contributed by atoms with Crippen LogP contribution in [-0.4, -0.2) is 30.1 Å². The Balaban J connectivity index is 2.08. The van der Waals surface area contributed by atoms with E-state index in [1.165, 1.54) is 12.1 Å². The third kappa shape index (κ3) is 3.05. The number of benzene rings is 1. The van der Waals surface area contributed by atoms with E-state index in [9.17, 15) is 9.59 Å². The van der Waals surface area contributed by atoms with Gasteiger partial charge in [0.1, 0.15) is 0 Å². The van der Waals surface area contributed by atoms with Crippen LogP contribution in [0, 0.1) is 11.8 Å². The zero-order valence-corrected chi connectivity index (χ0v) is 11.2. The Labute approximate surface area is 116 Å². The molecule has 0 aromatic heterocycles. The van der Waals surface area contributed by atoms with Gasteiger partial charge < -0.3 is 15.7 Å². The van der Waals surface area contributed by atoms with Gasteiger partial charge in [-0.1, -0.05) is 18.5 Å². The molecule has 1 aliphatic rings. The average molecular weight is 283 g/mol. The predicted octanol–water partition coefficient (Wildman–Crippen LogP) is 1.83. The van der Waals surface area contributed by atoms with E-state index >= 15 is 0 Å². The summed E-state index contributed by atoms with van der Waals surface area (Å²) in [7, 11) is 0. The van der Waals surface area contributed by atoms with Crippen LogP contribution in [0.15, 0.2) is 18.2 Å². The van der Waals surface area contributed by atoms with Crippen molar-refractivity contribution >= 4 is 29.2 Å². The van der Waals surface area contributed by atoms with Crippen LogP contribution < -0.4 is 10.6 Å². The van der Waals surface area contributed by atoms with Crippen LogP contribution in [0.3, 0.4) is 0 Å². The molecule has 3 N–H and O–H groups in total. The topological polar surface area (TPSA) is 78.4 Å². The number of halogens is 1. The van der Waals surface area contributed by atoms with E-state index in [4.69, 9.17) is 16.7 Å². The standard InChI is InChI=1S/C13H15ClN2O3/c1-7(8-5-15-6-8)12(17)16-9-2-3-11(14)10(4-9)13(18)19/h2-4,7-8,15H,5-6H2,1H3,(H,16,17)(H,18,19). The van der Waals surface area contributed by atoms with Crippen LogP contribution in [-0.2, 0) is 4.79 Å². The smallest absolute Gasteiger partial charge is 0.337 e. The summed E-state index contributed by atoms with van der Waals surface area (Å²) >= 11 is 5.77. The largest absolute Gasteiger partial charge is 0.478 e. The first-order chi connectivity index (χ1) is 8.99. The fraction of sp³-hybridized carbons (Fsp3) is 0.385. The normalized spacial score (nSPS) is 16.5. The molecular formula is C13H15ClN2O3. The van der Waals surface area contributed by atoms with Crippen molar-refractivity contribution in [1.29, 1.82) is 0 Å². The number of carboxylic acids is 1. The molecule has 1 atom stereocenters. The van der Waals surface area contributed by atoms with E-state index in [0.29, 0.717) is 11.6 Å². The number of aromatic carboxylic acids is 1. The molecule has 19 heavy (non-hydrogen) atoms. The van der Waals surface area contributed by atoms with Crippen molar-refractivity contribution in [2.75, 3.05) is 18.4 Å². The Morgan fingerprint density at radius 2 is 2.16 bits per heavy atom. The van der Waals surface area contributed by atoms with E-state index in [-0.39, 0.29) is 22.4 Å². The SMILES string of the molecule is CC(C(=O)Nc1ccc(Cl)c(C(=O)O)c1)C1CNC1. The van der Waals surface area contributed by atoms with Gasteiger partial charge >= 0.3 is 5.97 Å². The molecule has 6 heteroatoms. The third-order valence-corrected chi connectivity index (χ3v) is 3.73. The molecule has 1 aromatic carbocycles. The number of rotatable bonds is 4. The summed E-state index contributed by atoms with van der Waals surface area (Å²) in [5.41, 5.74) is 0.434. The van der Waals surface area contributed by atoms with Gasteiger partial charge in [0.2, 0.25) is 5.91 Å². The number of amides is 1. The first kappa shape index (κ1) is 13.8. The Morgan fingerprint density at radius 1 is 1.47 bits per heavy atom. The molecule has 0 aliphatic carbocycles. The van der Waals surface area contributed by atoms with Crippen LogP contribution in [0.1, 0.15) is 17.3 Å². The molecule has 1 heterocycles. The summed E-state index contributed by atoms with van der Waals surface area (Å²) in [6, 6.07) is 4.43. The van der Waals surface area contributed by atoms with E-state index < -0.39 is 5.97 Å². The molecule has 0 bridgehead atoms. The second-order valence-electron chi connectivity index (χ2n) is 4.70. The highest BCUT2D eigenvalue weighted by molar-refractivity contribution is 6.33. The zero-order chi connectivity index (χ0) is 14.0. The molecule has 1 amide bonds. The van der Waals surface area contributed by atoms with E-state index in [1.807, 2.05) is 6.92 Å². The number of nitrogens with one attached hydrogen (secondary N) is 2. The van der Waals surface area contributed by atoms with Crippen molar-refractivity contribution in [1.82, 2.24) is 5.32 Å². The summed E-state index contributed by atoms with van der Waals surface area (Å²) in [6.07, 6.45) is 0. The second kappa shape index (κ2) is 5.59. The second-order valence-corrected chi connectivity index (χ2v) is 5.10. The number of carboxylic acid groups (broad SMARTS) is 1. The van der Waals surface area contributed by atoms with Gasteiger partial charge in [0, 0.05) is 11.6 Å². The lowest BCUT2D eigenvalue weighted by atomic mass is 9.88. The van der Waals surface area contributed by atoms with Crippen LogP contribution in [0.4, 0.5) is 5.69 Å². The number of anilines is 1. The Hall–Kier alpha value is -1.59. The van der Waals surface area contributed by atoms with E-state index in [1.54, 1.807) is 6.07 Å². The number of carbonyl (C=O) groups is 2. The Kier molecular flexibility index (Phi) is 4.07. The van der Waals surface area contributed by atoms with Gasteiger partial charge in [-0.25, -0.2) is 4.79 Å². The van der Waals surface area contributed by atoms with Crippen molar-refractivity contribution in [2.24, 2.45) is 11.8 Å². The molecule has 2 rings (SSSR count).